The summed E-state index contributed by atoms with van der Waals surface area (Å²) in [5.41, 5.74) is 9.80. The lowest BCUT2D eigenvalue weighted by molar-refractivity contribution is 0.137. The number of hydrogen-bond donors (Lipinski definition) is 2. The highest BCUT2D eigenvalue weighted by Crippen LogP contribution is 2.18. The van der Waals surface area contributed by atoms with E-state index >= 15 is 0 Å². The van der Waals surface area contributed by atoms with Crippen molar-refractivity contribution in [2.45, 2.75) is 33.4 Å². The van der Waals surface area contributed by atoms with E-state index < -0.39 is 0 Å². The van der Waals surface area contributed by atoms with Crippen LogP contribution in [0.1, 0.15) is 23.7 Å². The van der Waals surface area contributed by atoms with Gasteiger partial charge >= 0.3 is 0 Å². The van der Waals surface area contributed by atoms with E-state index in [4.69, 9.17) is 5.73 Å². The lowest BCUT2D eigenvalue weighted by atomic mass is 10.1. The van der Waals surface area contributed by atoms with Crippen LogP contribution in [0.5, 0.6) is 0 Å². The van der Waals surface area contributed by atoms with Crippen LogP contribution in [0.15, 0.2) is 6.20 Å². The summed E-state index contributed by atoms with van der Waals surface area (Å²) in [4.78, 5) is 6.42. The Balaban J connectivity index is 2.78. The molecule has 1 heterocycles. The maximum absolute atomic E-state index is 9.28. The third-order valence-corrected chi connectivity index (χ3v) is 2.67. The van der Waals surface area contributed by atoms with Gasteiger partial charge in [0.05, 0.1) is 11.8 Å². The molecule has 1 unspecified atom stereocenters. The quantitative estimate of drug-likeness (QED) is 0.802. The molecule has 1 rings (SSSR count). The van der Waals surface area contributed by atoms with Crippen molar-refractivity contribution in [2.24, 2.45) is 0 Å². The van der Waals surface area contributed by atoms with Crippen molar-refractivity contribution in [1.82, 2.24) is 9.88 Å². The smallest absolute Gasteiger partial charge is 0.0639 e. The van der Waals surface area contributed by atoms with Crippen LogP contribution in [0.4, 0.5) is 5.69 Å². The van der Waals surface area contributed by atoms with Crippen LogP contribution in [-0.4, -0.2) is 34.7 Å². The molecule has 0 bridgehead atoms. The average molecular weight is 223 g/mol. The first-order valence-electron chi connectivity index (χ1n) is 5.49. The second-order valence-corrected chi connectivity index (χ2v) is 4.47. The highest BCUT2D eigenvalue weighted by Gasteiger charge is 2.09. The van der Waals surface area contributed by atoms with Gasteiger partial charge in [0.1, 0.15) is 0 Å². The predicted octanol–water partition coefficient (Wildman–Crippen LogP) is 1.09. The first kappa shape index (κ1) is 12.9. The van der Waals surface area contributed by atoms with E-state index in [9.17, 15) is 5.11 Å². The van der Waals surface area contributed by atoms with E-state index in [2.05, 4.69) is 4.98 Å². The summed E-state index contributed by atoms with van der Waals surface area (Å²) < 4.78 is 0. The monoisotopic (exact) mass is 223 g/mol. The molecule has 16 heavy (non-hydrogen) atoms. The van der Waals surface area contributed by atoms with Gasteiger partial charge in [-0.05, 0) is 38.9 Å². The van der Waals surface area contributed by atoms with Crippen molar-refractivity contribution in [3.63, 3.8) is 0 Å². The summed E-state index contributed by atoms with van der Waals surface area (Å²) in [6, 6.07) is 0. The Kier molecular flexibility index (Phi) is 4.26. The molecule has 0 aliphatic heterocycles. The predicted molar refractivity (Wildman–Crippen MR) is 66.1 cm³/mol. The largest absolute Gasteiger partial charge is 0.398 e. The topological polar surface area (TPSA) is 62.4 Å². The Labute approximate surface area is 97.1 Å². The first-order valence-corrected chi connectivity index (χ1v) is 5.49. The minimum Gasteiger partial charge on any atom is -0.398 e. The van der Waals surface area contributed by atoms with Gasteiger partial charge in [-0.2, -0.15) is 0 Å². The zero-order valence-corrected chi connectivity index (χ0v) is 10.5. The average Bonchev–Trinajstić information content (AvgIpc) is 2.18. The van der Waals surface area contributed by atoms with Gasteiger partial charge in [0.15, 0.2) is 0 Å². The van der Waals surface area contributed by atoms with Crippen molar-refractivity contribution in [3.05, 3.63) is 23.0 Å². The SMILES string of the molecule is Cc1cnc(CN(C)CC(C)O)c(C)c1N. The molecule has 4 heteroatoms. The summed E-state index contributed by atoms with van der Waals surface area (Å²) in [7, 11) is 1.96. The molecule has 0 aromatic carbocycles. The van der Waals surface area contributed by atoms with E-state index in [-0.39, 0.29) is 6.10 Å². The Morgan fingerprint density at radius 1 is 1.50 bits per heavy atom. The molecule has 3 N–H and O–H groups in total. The van der Waals surface area contributed by atoms with Gasteiger partial charge < -0.3 is 10.8 Å². The molecule has 0 aliphatic rings. The number of aryl methyl sites for hydroxylation is 1. The third kappa shape index (κ3) is 3.18. The second-order valence-electron chi connectivity index (χ2n) is 4.47. The van der Waals surface area contributed by atoms with Gasteiger partial charge in [0.2, 0.25) is 0 Å². The molecular formula is C12H21N3O. The molecule has 0 fully saturated rings. The molecule has 0 saturated heterocycles. The van der Waals surface area contributed by atoms with Crippen LogP contribution in [0.2, 0.25) is 0 Å². The number of nitrogens with two attached hydrogens (primary N) is 1. The molecule has 4 nitrogen and oxygen atoms in total. The summed E-state index contributed by atoms with van der Waals surface area (Å²) in [6.07, 6.45) is 1.47. The number of likely N-dealkylation sites (N-methyl/N-ethyl adjacent to an activating group) is 1. The number of hydrogen-bond acceptors (Lipinski definition) is 4. The van der Waals surface area contributed by atoms with Crippen LogP contribution < -0.4 is 5.73 Å². The molecule has 1 aromatic rings. The number of nitrogens with zero attached hydrogens (tertiary/aromatic N) is 2. The van der Waals surface area contributed by atoms with Gasteiger partial charge in [-0.1, -0.05) is 0 Å². The van der Waals surface area contributed by atoms with Crippen LogP contribution in [0.25, 0.3) is 0 Å². The van der Waals surface area contributed by atoms with Crippen LogP contribution in [0, 0.1) is 13.8 Å². The van der Waals surface area contributed by atoms with Gasteiger partial charge in [-0.3, -0.25) is 9.88 Å². The number of rotatable bonds is 4. The number of pyridine rings is 1. The van der Waals surface area contributed by atoms with Crippen LogP contribution >= 0.6 is 0 Å². The third-order valence-electron chi connectivity index (χ3n) is 2.67. The first-order chi connectivity index (χ1) is 7.41. The number of aromatic nitrogens is 1. The summed E-state index contributed by atoms with van der Waals surface area (Å²) in [5.74, 6) is 0. The van der Waals surface area contributed by atoms with Crippen molar-refractivity contribution < 1.29 is 5.11 Å². The number of nitrogen functional groups attached to an aromatic ring is 1. The molecule has 1 atom stereocenters. The van der Waals surface area contributed by atoms with Crippen molar-refractivity contribution in [3.8, 4) is 0 Å². The van der Waals surface area contributed by atoms with E-state index in [0.29, 0.717) is 13.1 Å². The molecular weight excluding hydrogens is 202 g/mol. The van der Waals surface area contributed by atoms with Crippen molar-refractivity contribution in [1.29, 1.82) is 0 Å². The molecule has 1 aromatic heterocycles. The molecule has 0 radical (unpaired) electrons. The standard InChI is InChI=1S/C12H21N3O/c1-8-5-14-11(10(3)12(8)13)7-15(4)6-9(2)16/h5,9,16H,6-7H2,1-4H3,(H2,13,14). The lowest BCUT2D eigenvalue weighted by Gasteiger charge is -2.19. The molecule has 0 amide bonds. The Morgan fingerprint density at radius 3 is 2.69 bits per heavy atom. The summed E-state index contributed by atoms with van der Waals surface area (Å²) >= 11 is 0. The highest BCUT2D eigenvalue weighted by atomic mass is 16.3. The van der Waals surface area contributed by atoms with E-state index in [1.165, 1.54) is 0 Å². The fourth-order valence-electron chi connectivity index (χ4n) is 1.72. The van der Waals surface area contributed by atoms with E-state index in [0.717, 1.165) is 22.5 Å². The highest BCUT2D eigenvalue weighted by molar-refractivity contribution is 5.53. The van der Waals surface area contributed by atoms with E-state index in [1.807, 2.05) is 25.8 Å². The Morgan fingerprint density at radius 2 is 2.12 bits per heavy atom. The zero-order valence-electron chi connectivity index (χ0n) is 10.5. The lowest BCUT2D eigenvalue weighted by Crippen LogP contribution is -2.27. The van der Waals surface area contributed by atoms with Crippen LogP contribution in [-0.2, 0) is 6.54 Å². The Hall–Kier alpha value is -1.13. The molecule has 0 spiro atoms. The normalized spacial score (nSPS) is 13.1. The number of aliphatic hydroxyl groups excluding tert-OH is 1. The fraction of sp³-hybridized carbons (Fsp3) is 0.583. The number of anilines is 1. The van der Waals surface area contributed by atoms with E-state index in [1.54, 1.807) is 13.1 Å². The maximum Gasteiger partial charge on any atom is 0.0639 e. The summed E-state index contributed by atoms with van der Waals surface area (Å²) in [5, 5.41) is 9.28. The Bertz CT molecular complexity index is 364. The zero-order chi connectivity index (χ0) is 12.3. The van der Waals surface area contributed by atoms with Gasteiger partial charge in [-0.15, -0.1) is 0 Å². The number of aliphatic hydroxyl groups is 1. The molecule has 90 valence electrons. The second kappa shape index (κ2) is 5.27. The van der Waals surface area contributed by atoms with Gasteiger partial charge in [0, 0.05) is 25.0 Å². The van der Waals surface area contributed by atoms with Crippen molar-refractivity contribution >= 4 is 5.69 Å². The van der Waals surface area contributed by atoms with Gasteiger partial charge in [-0.25, -0.2) is 0 Å². The molecule has 0 saturated carbocycles. The molecule has 0 aliphatic carbocycles. The van der Waals surface area contributed by atoms with Crippen LogP contribution in [0.3, 0.4) is 0 Å². The fourth-order valence-corrected chi connectivity index (χ4v) is 1.72. The minimum absolute atomic E-state index is 0.326. The maximum atomic E-state index is 9.28. The van der Waals surface area contributed by atoms with Crippen molar-refractivity contribution in [2.75, 3.05) is 19.3 Å². The summed E-state index contributed by atoms with van der Waals surface area (Å²) in [6.45, 7) is 7.07. The minimum atomic E-state index is -0.326. The van der Waals surface area contributed by atoms with Gasteiger partial charge in [0.25, 0.3) is 0 Å².